The van der Waals surface area contributed by atoms with Crippen LogP contribution in [0, 0.1) is 17.2 Å². The Kier molecular flexibility index (Phi) is 5.31. The van der Waals surface area contributed by atoms with Crippen LogP contribution in [-0.4, -0.2) is 36.4 Å². The highest BCUT2D eigenvalue weighted by Crippen LogP contribution is 2.27. The fourth-order valence-corrected chi connectivity index (χ4v) is 3.03. The minimum Gasteiger partial charge on any atom is -0.469 e. The molecule has 1 atom stereocenters. The van der Waals surface area contributed by atoms with Crippen LogP contribution in [0.5, 0.6) is 0 Å². The predicted octanol–water partition coefficient (Wildman–Crippen LogP) is 1.86. The minimum atomic E-state index is -0.197. The van der Waals surface area contributed by atoms with Gasteiger partial charge in [0.25, 0.3) is 0 Å². The fourth-order valence-electron chi connectivity index (χ4n) is 3.03. The van der Waals surface area contributed by atoms with Gasteiger partial charge >= 0.3 is 5.97 Å². The second-order valence-electron chi connectivity index (χ2n) is 5.45. The van der Waals surface area contributed by atoms with E-state index >= 15 is 0 Å². The van der Waals surface area contributed by atoms with Crippen molar-refractivity contribution in [3.63, 3.8) is 0 Å². The lowest BCUT2D eigenvalue weighted by atomic mass is 9.97. The van der Waals surface area contributed by atoms with Crippen molar-refractivity contribution in [2.45, 2.75) is 39.5 Å². The molecule has 1 aromatic rings. The summed E-state index contributed by atoms with van der Waals surface area (Å²) < 4.78 is 4.85. The van der Waals surface area contributed by atoms with Crippen molar-refractivity contribution in [3.8, 4) is 6.07 Å². The molecule has 0 radical (unpaired) electrons. The topological polar surface area (TPSA) is 79.1 Å². The first kappa shape index (κ1) is 16.2. The van der Waals surface area contributed by atoms with Gasteiger partial charge in [-0.05, 0) is 31.2 Å². The lowest BCUT2D eigenvalue weighted by Crippen LogP contribution is -2.40. The number of hydrogen-bond acceptors (Lipinski definition) is 6. The molecule has 1 aromatic heterocycles. The van der Waals surface area contributed by atoms with Crippen LogP contribution in [0.3, 0.4) is 0 Å². The summed E-state index contributed by atoms with van der Waals surface area (Å²) >= 11 is 0. The smallest absolute Gasteiger partial charge is 0.310 e. The molecular formula is C16H22N4O2. The molecule has 2 rings (SSSR count). The molecule has 0 spiro atoms. The number of methoxy groups -OCH3 is 1. The molecule has 0 bridgehead atoms. The van der Waals surface area contributed by atoms with E-state index in [9.17, 15) is 10.1 Å². The number of nitrogens with zero attached hydrogens (tertiary/aromatic N) is 4. The molecule has 6 nitrogen and oxygen atoms in total. The molecule has 1 aliphatic rings. The number of piperidine rings is 1. The number of esters is 1. The summed E-state index contributed by atoms with van der Waals surface area (Å²) in [6.07, 6.45) is 3.20. The van der Waals surface area contributed by atoms with Crippen LogP contribution >= 0.6 is 0 Å². The van der Waals surface area contributed by atoms with Crippen LogP contribution in [0.4, 0.5) is 5.82 Å². The number of ether oxygens (including phenoxy) is 1. The van der Waals surface area contributed by atoms with Crippen molar-refractivity contribution in [3.05, 3.63) is 16.8 Å². The number of aryl methyl sites for hydroxylation is 1. The summed E-state index contributed by atoms with van der Waals surface area (Å²) in [6, 6.07) is 2.28. The standard InChI is InChI=1S/C16H22N4O2/c1-4-12-13(9-17)15(19-18-14(12)5-2)20-8-6-7-11(10-20)16(21)22-3/h11H,4-8,10H2,1-3H3. The van der Waals surface area contributed by atoms with Crippen LogP contribution in [0.1, 0.15) is 43.5 Å². The largest absolute Gasteiger partial charge is 0.469 e. The maximum atomic E-state index is 11.8. The highest BCUT2D eigenvalue weighted by atomic mass is 16.5. The van der Waals surface area contributed by atoms with Gasteiger partial charge in [-0.3, -0.25) is 4.79 Å². The molecule has 1 fully saturated rings. The van der Waals surface area contributed by atoms with Crippen LogP contribution in [0.15, 0.2) is 0 Å². The fraction of sp³-hybridized carbons (Fsp3) is 0.625. The van der Waals surface area contributed by atoms with Gasteiger partial charge in [0.05, 0.1) is 18.7 Å². The van der Waals surface area contributed by atoms with Gasteiger partial charge < -0.3 is 9.64 Å². The lowest BCUT2D eigenvalue weighted by molar-refractivity contribution is -0.145. The van der Waals surface area contributed by atoms with Crippen LogP contribution in [0.2, 0.25) is 0 Å². The zero-order valence-corrected chi connectivity index (χ0v) is 13.4. The maximum Gasteiger partial charge on any atom is 0.310 e. The van der Waals surface area contributed by atoms with Crippen LogP contribution in [0.25, 0.3) is 0 Å². The molecule has 1 unspecified atom stereocenters. The summed E-state index contributed by atoms with van der Waals surface area (Å²) in [6.45, 7) is 5.35. The molecule has 0 saturated carbocycles. The van der Waals surface area contributed by atoms with Crippen molar-refractivity contribution >= 4 is 11.8 Å². The van der Waals surface area contributed by atoms with Crippen molar-refractivity contribution < 1.29 is 9.53 Å². The van der Waals surface area contributed by atoms with E-state index < -0.39 is 0 Å². The molecular weight excluding hydrogens is 280 g/mol. The number of aromatic nitrogens is 2. The van der Waals surface area contributed by atoms with E-state index in [1.807, 2.05) is 18.7 Å². The van der Waals surface area contributed by atoms with Gasteiger partial charge in [0.2, 0.25) is 0 Å². The van der Waals surface area contributed by atoms with Gasteiger partial charge in [0.1, 0.15) is 11.6 Å². The minimum absolute atomic E-state index is 0.164. The van der Waals surface area contributed by atoms with Gasteiger partial charge in [-0.25, -0.2) is 0 Å². The Hall–Kier alpha value is -2.16. The summed E-state index contributed by atoms with van der Waals surface area (Å²) in [4.78, 5) is 13.8. The number of carbonyl (C=O) groups excluding carboxylic acids is 1. The number of nitriles is 1. The van der Waals surface area contributed by atoms with E-state index in [0.29, 0.717) is 17.9 Å². The van der Waals surface area contributed by atoms with E-state index in [1.54, 1.807) is 0 Å². The quantitative estimate of drug-likeness (QED) is 0.790. The molecule has 6 heteroatoms. The second kappa shape index (κ2) is 7.21. The van der Waals surface area contributed by atoms with Gasteiger partial charge in [-0.15, -0.1) is 5.10 Å². The first-order valence-electron chi connectivity index (χ1n) is 7.77. The number of hydrogen-bond donors (Lipinski definition) is 0. The monoisotopic (exact) mass is 302 g/mol. The second-order valence-corrected chi connectivity index (χ2v) is 5.45. The van der Waals surface area contributed by atoms with Gasteiger partial charge in [0, 0.05) is 13.1 Å². The highest BCUT2D eigenvalue weighted by molar-refractivity contribution is 5.73. The number of anilines is 1. The zero-order valence-electron chi connectivity index (χ0n) is 13.4. The van der Waals surface area contributed by atoms with Gasteiger partial charge in [-0.1, -0.05) is 13.8 Å². The van der Waals surface area contributed by atoms with E-state index in [-0.39, 0.29) is 11.9 Å². The normalized spacial score (nSPS) is 17.9. The molecule has 0 aromatic carbocycles. The van der Waals surface area contributed by atoms with Crippen molar-refractivity contribution in [1.82, 2.24) is 10.2 Å². The zero-order chi connectivity index (χ0) is 16.1. The average Bonchev–Trinajstić information content (AvgIpc) is 2.59. The third-order valence-corrected chi connectivity index (χ3v) is 4.19. The Morgan fingerprint density at radius 3 is 2.77 bits per heavy atom. The van der Waals surface area contributed by atoms with E-state index in [1.165, 1.54) is 7.11 Å². The average molecular weight is 302 g/mol. The number of rotatable bonds is 4. The predicted molar refractivity (Wildman–Crippen MR) is 82.5 cm³/mol. The Balaban J connectivity index is 2.36. The molecule has 0 N–H and O–H groups in total. The van der Waals surface area contributed by atoms with Crippen molar-refractivity contribution in [2.24, 2.45) is 5.92 Å². The van der Waals surface area contributed by atoms with Gasteiger partial charge in [0.15, 0.2) is 5.82 Å². The Labute approximate surface area is 131 Å². The molecule has 118 valence electrons. The van der Waals surface area contributed by atoms with Gasteiger partial charge in [-0.2, -0.15) is 10.4 Å². The Morgan fingerprint density at radius 1 is 1.41 bits per heavy atom. The highest BCUT2D eigenvalue weighted by Gasteiger charge is 2.29. The molecule has 2 heterocycles. The molecule has 0 amide bonds. The Bertz CT molecular complexity index is 595. The lowest BCUT2D eigenvalue weighted by Gasteiger charge is -2.32. The van der Waals surface area contributed by atoms with E-state index in [4.69, 9.17) is 4.74 Å². The van der Waals surface area contributed by atoms with E-state index in [2.05, 4.69) is 16.3 Å². The van der Waals surface area contributed by atoms with Crippen molar-refractivity contribution in [2.75, 3.05) is 25.1 Å². The maximum absolute atomic E-state index is 11.8. The Morgan fingerprint density at radius 2 is 2.18 bits per heavy atom. The van der Waals surface area contributed by atoms with Crippen molar-refractivity contribution in [1.29, 1.82) is 5.26 Å². The van der Waals surface area contributed by atoms with Crippen LogP contribution in [-0.2, 0) is 22.4 Å². The molecule has 22 heavy (non-hydrogen) atoms. The van der Waals surface area contributed by atoms with Crippen LogP contribution < -0.4 is 4.90 Å². The third kappa shape index (κ3) is 3.03. The first-order chi connectivity index (χ1) is 10.7. The first-order valence-corrected chi connectivity index (χ1v) is 7.77. The summed E-state index contributed by atoms with van der Waals surface area (Å²) in [5, 5.41) is 18.1. The molecule has 1 aliphatic heterocycles. The number of carbonyl (C=O) groups is 1. The summed E-state index contributed by atoms with van der Waals surface area (Å²) in [7, 11) is 1.41. The van der Waals surface area contributed by atoms with E-state index in [0.717, 1.165) is 43.5 Å². The molecule has 1 saturated heterocycles. The SMILES string of the molecule is CCc1nnc(N2CCCC(C(=O)OC)C2)c(C#N)c1CC. The third-order valence-electron chi connectivity index (χ3n) is 4.19. The summed E-state index contributed by atoms with van der Waals surface area (Å²) in [5.74, 6) is 0.241. The summed E-state index contributed by atoms with van der Waals surface area (Å²) in [5.41, 5.74) is 2.44. The molecule has 0 aliphatic carbocycles.